The third-order valence-corrected chi connectivity index (χ3v) is 3.04. The smallest absolute Gasteiger partial charge is 0.266 e. The first-order valence-electron chi connectivity index (χ1n) is 7.02. The summed E-state index contributed by atoms with van der Waals surface area (Å²) in [7, 11) is 0. The fourth-order valence-electron chi connectivity index (χ4n) is 1.82. The van der Waals surface area contributed by atoms with Crippen LogP contribution in [-0.2, 0) is 6.42 Å². The SMILES string of the molecule is CCCNC(C)CCc1nc(N(CC)CC)no1. The fourth-order valence-corrected chi connectivity index (χ4v) is 1.82. The first-order chi connectivity index (χ1) is 8.71. The minimum Gasteiger partial charge on any atom is -0.339 e. The number of rotatable bonds is 9. The minimum atomic E-state index is 0.494. The van der Waals surface area contributed by atoms with Crippen molar-refractivity contribution >= 4 is 5.95 Å². The molecular formula is C13H26N4O. The highest BCUT2D eigenvalue weighted by Gasteiger charge is 2.12. The molecule has 0 spiro atoms. The lowest BCUT2D eigenvalue weighted by molar-refractivity contribution is 0.366. The Balaban J connectivity index is 2.39. The Hall–Kier alpha value is -1.10. The summed E-state index contributed by atoms with van der Waals surface area (Å²) in [6.45, 7) is 11.4. The van der Waals surface area contributed by atoms with Gasteiger partial charge in [-0.15, -0.1) is 0 Å². The van der Waals surface area contributed by atoms with Gasteiger partial charge >= 0.3 is 0 Å². The summed E-state index contributed by atoms with van der Waals surface area (Å²) in [5.74, 6) is 1.45. The van der Waals surface area contributed by atoms with Gasteiger partial charge in [0.05, 0.1) is 0 Å². The monoisotopic (exact) mass is 254 g/mol. The van der Waals surface area contributed by atoms with Gasteiger partial charge in [-0.05, 0) is 45.3 Å². The largest absolute Gasteiger partial charge is 0.339 e. The number of anilines is 1. The zero-order valence-corrected chi connectivity index (χ0v) is 12.1. The van der Waals surface area contributed by atoms with Gasteiger partial charge in [-0.25, -0.2) is 0 Å². The molecule has 1 rings (SSSR count). The Labute approximate surface area is 110 Å². The van der Waals surface area contributed by atoms with E-state index in [2.05, 4.69) is 48.1 Å². The number of hydrogen-bond acceptors (Lipinski definition) is 5. The highest BCUT2D eigenvalue weighted by Crippen LogP contribution is 2.10. The van der Waals surface area contributed by atoms with Crippen LogP contribution < -0.4 is 10.2 Å². The van der Waals surface area contributed by atoms with E-state index in [1.165, 1.54) is 0 Å². The van der Waals surface area contributed by atoms with Crippen LogP contribution in [-0.4, -0.2) is 35.8 Å². The van der Waals surface area contributed by atoms with Crippen molar-refractivity contribution in [1.29, 1.82) is 0 Å². The molecule has 1 aromatic rings. The summed E-state index contributed by atoms with van der Waals surface area (Å²) >= 11 is 0. The molecule has 104 valence electrons. The molecule has 0 amide bonds. The lowest BCUT2D eigenvalue weighted by Crippen LogP contribution is -2.27. The molecule has 1 atom stereocenters. The summed E-state index contributed by atoms with van der Waals surface area (Å²) in [5, 5.41) is 7.47. The second kappa shape index (κ2) is 8.08. The normalized spacial score (nSPS) is 12.7. The van der Waals surface area contributed by atoms with Crippen molar-refractivity contribution in [2.24, 2.45) is 0 Å². The van der Waals surface area contributed by atoms with Crippen molar-refractivity contribution in [3.63, 3.8) is 0 Å². The third kappa shape index (κ3) is 4.64. The van der Waals surface area contributed by atoms with Gasteiger partial charge in [0.2, 0.25) is 5.89 Å². The Kier molecular flexibility index (Phi) is 6.72. The molecule has 18 heavy (non-hydrogen) atoms. The van der Waals surface area contributed by atoms with Crippen LogP contribution in [0.25, 0.3) is 0 Å². The van der Waals surface area contributed by atoms with Crippen molar-refractivity contribution in [2.45, 2.75) is 53.0 Å². The zero-order valence-electron chi connectivity index (χ0n) is 12.1. The second-order valence-corrected chi connectivity index (χ2v) is 4.55. The Bertz CT molecular complexity index is 323. The third-order valence-electron chi connectivity index (χ3n) is 3.04. The molecule has 0 aliphatic rings. The van der Waals surface area contributed by atoms with E-state index in [0.29, 0.717) is 12.0 Å². The summed E-state index contributed by atoms with van der Waals surface area (Å²) in [6, 6.07) is 0.494. The molecule has 0 aliphatic heterocycles. The molecule has 1 unspecified atom stereocenters. The number of hydrogen-bond donors (Lipinski definition) is 1. The maximum atomic E-state index is 5.27. The summed E-state index contributed by atoms with van der Waals surface area (Å²) < 4.78 is 5.27. The maximum Gasteiger partial charge on any atom is 0.266 e. The molecule has 0 saturated heterocycles. The first kappa shape index (κ1) is 15.0. The van der Waals surface area contributed by atoms with Gasteiger partial charge in [-0.3, -0.25) is 0 Å². The van der Waals surface area contributed by atoms with E-state index in [0.717, 1.165) is 44.8 Å². The molecule has 1 heterocycles. The summed E-state index contributed by atoms with van der Waals surface area (Å²) in [4.78, 5) is 6.51. The van der Waals surface area contributed by atoms with E-state index in [4.69, 9.17) is 4.52 Å². The molecule has 1 N–H and O–H groups in total. The molecular weight excluding hydrogens is 228 g/mol. The number of nitrogens with one attached hydrogen (secondary N) is 1. The van der Waals surface area contributed by atoms with E-state index >= 15 is 0 Å². The van der Waals surface area contributed by atoms with Crippen LogP contribution >= 0.6 is 0 Å². The highest BCUT2D eigenvalue weighted by molar-refractivity contribution is 5.26. The van der Waals surface area contributed by atoms with Gasteiger partial charge in [0, 0.05) is 25.6 Å². The van der Waals surface area contributed by atoms with Crippen LogP contribution in [0.15, 0.2) is 4.52 Å². The van der Waals surface area contributed by atoms with Crippen LogP contribution in [0.2, 0.25) is 0 Å². The standard InChI is InChI=1S/C13H26N4O/c1-5-10-14-11(4)8-9-12-15-13(16-18-12)17(6-2)7-3/h11,14H,5-10H2,1-4H3. The Morgan fingerprint density at radius 2 is 2.00 bits per heavy atom. The van der Waals surface area contributed by atoms with Gasteiger partial charge in [0.25, 0.3) is 5.95 Å². The molecule has 0 saturated carbocycles. The van der Waals surface area contributed by atoms with E-state index in [1.54, 1.807) is 0 Å². The van der Waals surface area contributed by atoms with Crippen molar-refractivity contribution in [1.82, 2.24) is 15.5 Å². The first-order valence-corrected chi connectivity index (χ1v) is 7.02. The predicted molar refractivity (Wildman–Crippen MR) is 73.9 cm³/mol. The van der Waals surface area contributed by atoms with Crippen molar-refractivity contribution in [3.8, 4) is 0 Å². The molecule has 0 radical (unpaired) electrons. The molecule has 0 aliphatic carbocycles. The maximum absolute atomic E-state index is 5.27. The Morgan fingerprint density at radius 1 is 1.28 bits per heavy atom. The summed E-state index contributed by atoms with van der Waals surface area (Å²) in [5.41, 5.74) is 0. The van der Waals surface area contributed by atoms with Crippen molar-refractivity contribution in [2.75, 3.05) is 24.5 Å². The predicted octanol–water partition coefficient (Wildman–Crippen LogP) is 2.24. The number of aromatic nitrogens is 2. The molecule has 5 heteroatoms. The van der Waals surface area contributed by atoms with Gasteiger partial charge in [-0.1, -0.05) is 6.92 Å². The second-order valence-electron chi connectivity index (χ2n) is 4.55. The van der Waals surface area contributed by atoms with E-state index in [-0.39, 0.29) is 0 Å². The lowest BCUT2D eigenvalue weighted by Gasteiger charge is -2.14. The van der Waals surface area contributed by atoms with Crippen molar-refractivity contribution in [3.05, 3.63) is 5.89 Å². The quantitative estimate of drug-likeness (QED) is 0.732. The molecule has 1 aromatic heterocycles. The average molecular weight is 254 g/mol. The average Bonchev–Trinajstić information content (AvgIpc) is 2.84. The molecule has 0 aromatic carbocycles. The van der Waals surface area contributed by atoms with Gasteiger partial charge < -0.3 is 14.7 Å². The van der Waals surface area contributed by atoms with Crippen LogP contribution in [0.1, 0.15) is 46.4 Å². The van der Waals surface area contributed by atoms with Crippen LogP contribution in [0.5, 0.6) is 0 Å². The minimum absolute atomic E-state index is 0.494. The fraction of sp³-hybridized carbons (Fsp3) is 0.846. The zero-order chi connectivity index (χ0) is 13.4. The molecule has 5 nitrogen and oxygen atoms in total. The topological polar surface area (TPSA) is 54.2 Å². The van der Waals surface area contributed by atoms with E-state index < -0.39 is 0 Å². The number of nitrogens with zero attached hydrogens (tertiary/aromatic N) is 3. The van der Waals surface area contributed by atoms with Gasteiger partial charge in [0.15, 0.2) is 0 Å². The molecule has 0 fully saturated rings. The van der Waals surface area contributed by atoms with E-state index in [9.17, 15) is 0 Å². The highest BCUT2D eigenvalue weighted by atomic mass is 16.5. The lowest BCUT2D eigenvalue weighted by atomic mass is 10.2. The van der Waals surface area contributed by atoms with Gasteiger partial charge in [0.1, 0.15) is 0 Å². The van der Waals surface area contributed by atoms with Crippen LogP contribution in [0, 0.1) is 0 Å². The van der Waals surface area contributed by atoms with Crippen LogP contribution in [0.3, 0.4) is 0 Å². The van der Waals surface area contributed by atoms with Crippen molar-refractivity contribution < 1.29 is 4.52 Å². The van der Waals surface area contributed by atoms with Gasteiger partial charge in [-0.2, -0.15) is 4.98 Å². The summed E-state index contributed by atoms with van der Waals surface area (Å²) in [6.07, 6.45) is 3.03. The van der Waals surface area contributed by atoms with Crippen LogP contribution in [0.4, 0.5) is 5.95 Å². The molecule has 0 bridgehead atoms. The van der Waals surface area contributed by atoms with E-state index in [1.807, 2.05) is 0 Å². The number of aryl methyl sites for hydroxylation is 1. The Morgan fingerprint density at radius 3 is 2.61 bits per heavy atom.